The van der Waals surface area contributed by atoms with Gasteiger partial charge in [-0.2, -0.15) is 0 Å². The summed E-state index contributed by atoms with van der Waals surface area (Å²) in [6.45, 7) is 5.01. The number of carbonyl (C=O) groups is 1. The second-order valence-corrected chi connectivity index (χ2v) is 4.75. The van der Waals surface area contributed by atoms with Gasteiger partial charge in [-0.3, -0.25) is 4.79 Å². The van der Waals surface area contributed by atoms with E-state index < -0.39 is 5.97 Å². The molecule has 0 aromatic heterocycles. The predicted molar refractivity (Wildman–Crippen MR) is 55.7 cm³/mol. The second-order valence-electron chi connectivity index (χ2n) is 4.75. The zero-order chi connectivity index (χ0) is 10.7. The third-order valence-electron chi connectivity index (χ3n) is 3.39. The van der Waals surface area contributed by atoms with Gasteiger partial charge in [-0.05, 0) is 31.8 Å². The highest BCUT2D eigenvalue weighted by atomic mass is 16.5. The van der Waals surface area contributed by atoms with Gasteiger partial charge in [0.1, 0.15) is 0 Å². The highest BCUT2D eigenvalue weighted by molar-refractivity contribution is 5.67. The van der Waals surface area contributed by atoms with Crippen LogP contribution < -0.4 is 0 Å². The molecule has 2 saturated heterocycles. The van der Waals surface area contributed by atoms with Crippen LogP contribution in [0.5, 0.6) is 0 Å². The highest BCUT2D eigenvalue weighted by Gasteiger charge is 2.26. The molecule has 0 saturated carbocycles. The van der Waals surface area contributed by atoms with Crippen LogP contribution in [0.2, 0.25) is 0 Å². The van der Waals surface area contributed by atoms with Crippen LogP contribution in [0.3, 0.4) is 0 Å². The summed E-state index contributed by atoms with van der Waals surface area (Å²) in [5.74, 6) is 0.470. The fraction of sp³-hybridized carbons (Fsp3) is 0.909. The average Bonchev–Trinajstić information content (AvgIpc) is 2.48. The number of carboxylic acids is 1. The van der Waals surface area contributed by atoms with Gasteiger partial charge in [-0.1, -0.05) is 0 Å². The van der Waals surface area contributed by atoms with E-state index >= 15 is 0 Å². The lowest BCUT2D eigenvalue weighted by Crippen LogP contribution is -2.32. The molecule has 0 amide bonds. The van der Waals surface area contributed by atoms with Gasteiger partial charge in [-0.25, -0.2) is 0 Å². The quantitative estimate of drug-likeness (QED) is 0.734. The smallest absolute Gasteiger partial charge is 0.303 e. The zero-order valence-electron chi connectivity index (χ0n) is 9.02. The summed E-state index contributed by atoms with van der Waals surface area (Å²) < 4.78 is 5.13. The number of aliphatic carboxylic acids is 1. The number of hydrogen-bond donors (Lipinski definition) is 1. The monoisotopic (exact) mass is 213 g/mol. The summed E-state index contributed by atoms with van der Waals surface area (Å²) in [6.07, 6.45) is 2.59. The van der Waals surface area contributed by atoms with Crippen molar-refractivity contribution in [2.75, 3.05) is 32.8 Å². The summed E-state index contributed by atoms with van der Waals surface area (Å²) in [7, 11) is 0. The molecule has 4 heteroatoms. The van der Waals surface area contributed by atoms with E-state index in [1.165, 1.54) is 6.42 Å². The molecular weight excluding hydrogens is 194 g/mol. The van der Waals surface area contributed by atoms with Gasteiger partial charge in [0, 0.05) is 18.9 Å². The van der Waals surface area contributed by atoms with E-state index in [9.17, 15) is 4.79 Å². The maximum Gasteiger partial charge on any atom is 0.303 e. The molecule has 0 aromatic rings. The summed E-state index contributed by atoms with van der Waals surface area (Å²) >= 11 is 0. The summed E-state index contributed by atoms with van der Waals surface area (Å²) in [5.41, 5.74) is 0. The molecule has 0 bridgehead atoms. The third-order valence-corrected chi connectivity index (χ3v) is 3.39. The molecule has 1 atom stereocenters. The van der Waals surface area contributed by atoms with Crippen molar-refractivity contribution in [1.29, 1.82) is 0 Å². The van der Waals surface area contributed by atoms with E-state index in [2.05, 4.69) is 4.90 Å². The molecule has 2 aliphatic rings. The van der Waals surface area contributed by atoms with Crippen LogP contribution in [-0.2, 0) is 9.53 Å². The molecule has 86 valence electrons. The number of hydrogen-bond acceptors (Lipinski definition) is 3. The van der Waals surface area contributed by atoms with Crippen molar-refractivity contribution in [1.82, 2.24) is 4.90 Å². The first-order chi connectivity index (χ1) is 7.24. The van der Waals surface area contributed by atoms with E-state index in [1.807, 2.05) is 0 Å². The van der Waals surface area contributed by atoms with Crippen molar-refractivity contribution >= 4 is 5.97 Å². The number of carboxylic acid groups (broad SMARTS) is 1. The van der Waals surface area contributed by atoms with Crippen LogP contribution >= 0.6 is 0 Å². The fourth-order valence-corrected chi connectivity index (χ4v) is 2.35. The Hall–Kier alpha value is -0.610. The summed E-state index contributed by atoms with van der Waals surface area (Å²) in [5, 5.41) is 8.69. The number of ether oxygens (including phenoxy) is 1. The van der Waals surface area contributed by atoms with Gasteiger partial charge in [0.15, 0.2) is 0 Å². The molecule has 2 rings (SSSR count). The fourth-order valence-electron chi connectivity index (χ4n) is 2.35. The maximum absolute atomic E-state index is 10.5. The first-order valence-electron chi connectivity index (χ1n) is 5.76. The van der Waals surface area contributed by atoms with E-state index in [1.54, 1.807) is 0 Å². The van der Waals surface area contributed by atoms with Crippen molar-refractivity contribution in [2.24, 2.45) is 11.8 Å². The Morgan fingerprint density at radius 2 is 2.20 bits per heavy atom. The topological polar surface area (TPSA) is 49.8 Å². The van der Waals surface area contributed by atoms with Crippen molar-refractivity contribution in [3.63, 3.8) is 0 Å². The van der Waals surface area contributed by atoms with E-state index in [0.717, 1.165) is 45.2 Å². The first kappa shape index (κ1) is 10.9. The minimum absolute atomic E-state index is 0.336. The lowest BCUT2D eigenvalue weighted by Gasteiger charge is -2.27. The number of rotatable bonds is 5. The van der Waals surface area contributed by atoms with Crippen LogP contribution in [0.25, 0.3) is 0 Å². The molecule has 2 heterocycles. The first-order valence-corrected chi connectivity index (χ1v) is 5.76. The molecule has 2 aliphatic heterocycles. The van der Waals surface area contributed by atoms with Crippen LogP contribution in [0.15, 0.2) is 0 Å². The Kier molecular flexibility index (Phi) is 3.59. The van der Waals surface area contributed by atoms with Crippen molar-refractivity contribution < 1.29 is 14.6 Å². The molecule has 0 aliphatic carbocycles. The Labute approximate surface area is 90.2 Å². The standard InChI is InChI=1S/C11H19NO3/c13-11(14)5-9-1-3-12(6-9)4-2-10-7-15-8-10/h9-10H,1-8H2,(H,13,14). The minimum atomic E-state index is -0.658. The van der Waals surface area contributed by atoms with Gasteiger partial charge in [0.05, 0.1) is 13.2 Å². The van der Waals surface area contributed by atoms with Crippen molar-refractivity contribution in [3.05, 3.63) is 0 Å². The lowest BCUT2D eigenvalue weighted by atomic mass is 10.0. The molecule has 1 N–H and O–H groups in total. The average molecular weight is 213 g/mol. The van der Waals surface area contributed by atoms with Gasteiger partial charge in [0.25, 0.3) is 0 Å². The van der Waals surface area contributed by atoms with Crippen LogP contribution in [0, 0.1) is 11.8 Å². The van der Waals surface area contributed by atoms with Gasteiger partial charge in [-0.15, -0.1) is 0 Å². The van der Waals surface area contributed by atoms with Gasteiger partial charge < -0.3 is 14.7 Å². The van der Waals surface area contributed by atoms with E-state index in [0.29, 0.717) is 12.3 Å². The molecule has 0 aromatic carbocycles. The Morgan fingerprint density at radius 3 is 2.80 bits per heavy atom. The summed E-state index contributed by atoms with van der Waals surface area (Å²) in [4.78, 5) is 12.9. The minimum Gasteiger partial charge on any atom is -0.481 e. The molecule has 1 unspecified atom stereocenters. The van der Waals surface area contributed by atoms with Gasteiger partial charge >= 0.3 is 5.97 Å². The lowest BCUT2D eigenvalue weighted by molar-refractivity contribution is -0.138. The molecule has 2 fully saturated rings. The van der Waals surface area contributed by atoms with Crippen molar-refractivity contribution in [2.45, 2.75) is 19.3 Å². The highest BCUT2D eigenvalue weighted by Crippen LogP contribution is 2.21. The molecule has 0 radical (unpaired) electrons. The predicted octanol–water partition coefficient (Wildman–Crippen LogP) is 0.820. The molecular formula is C11H19NO3. The Morgan fingerprint density at radius 1 is 1.40 bits per heavy atom. The SMILES string of the molecule is O=C(O)CC1CCN(CCC2COC2)C1. The van der Waals surface area contributed by atoms with Crippen LogP contribution in [0.1, 0.15) is 19.3 Å². The summed E-state index contributed by atoms with van der Waals surface area (Å²) in [6, 6.07) is 0. The zero-order valence-corrected chi connectivity index (χ0v) is 9.02. The van der Waals surface area contributed by atoms with Crippen molar-refractivity contribution in [3.8, 4) is 0 Å². The Balaban J connectivity index is 1.61. The third kappa shape index (κ3) is 3.18. The van der Waals surface area contributed by atoms with E-state index in [-0.39, 0.29) is 0 Å². The van der Waals surface area contributed by atoms with Gasteiger partial charge in [0.2, 0.25) is 0 Å². The van der Waals surface area contributed by atoms with Crippen LogP contribution in [0.4, 0.5) is 0 Å². The normalized spacial score (nSPS) is 27.9. The molecule has 4 nitrogen and oxygen atoms in total. The van der Waals surface area contributed by atoms with E-state index in [4.69, 9.17) is 9.84 Å². The number of likely N-dealkylation sites (tertiary alicyclic amines) is 1. The molecule has 0 spiro atoms. The maximum atomic E-state index is 10.5. The second kappa shape index (κ2) is 4.94. The Bertz CT molecular complexity index is 228. The largest absolute Gasteiger partial charge is 0.481 e. The number of nitrogens with zero attached hydrogens (tertiary/aromatic N) is 1. The molecule has 15 heavy (non-hydrogen) atoms. The van der Waals surface area contributed by atoms with Crippen LogP contribution in [-0.4, -0.2) is 48.8 Å².